The molecule has 3 N–H and O–H groups in total. The first-order chi connectivity index (χ1) is 10.1. The number of carbonyl (C=O) groups excluding carboxylic acids is 1. The molecule has 2 rings (SSSR count). The van der Waals surface area contributed by atoms with E-state index in [9.17, 15) is 4.79 Å². The molecule has 0 spiro atoms. The van der Waals surface area contributed by atoms with E-state index in [2.05, 4.69) is 30.4 Å². The lowest BCUT2D eigenvalue weighted by Gasteiger charge is -2.10. The summed E-state index contributed by atoms with van der Waals surface area (Å²) in [4.78, 5) is 13.2. The van der Waals surface area contributed by atoms with Gasteiger partial charge in [-0.1, -0.05) is 23.8 Å². The summed E-state index contributed by atoms with van der Waals surface area (Å²) in [5.41, 5.74) is 9.47. The number of hydrogen-bond donors (Lipinski definition) is 2. The molecule has 110 valence electrons. The summed E-state index contributed by atoms with van der Waals surface area (Å²) in [6.45, 7) is 3.98. The number of benzene rings is 2. The van der Waals surface area contributed by atoms with Crippen molar-refractivity contribution in [1.29, 1.82) is 0 Å². The molecule has 1 amide bonds. The van der Waals surface area contributed by atoms with Gasteiger partial charge in [-0.3, -0.25) is 4.79 Å². The van der Waals surface area contributed by atoms with E-state index >= 15 is 0 Å². The highest BCUT2D eigenvalue weighted by Gasteiger charge is 2.06. The van der Waals surface area contributed by atoms with E-state index in [0.717, 1.165) is 17.0 Å². The third kappa shape index (κ3) is 4.53. The summed E-state index contributed by atoms with van der Waals surface area (Å²) >= 11 is 1.70. The first-order valence-corrected chi connectivity index (χ1v) is 7.89. The van der Waals surface area contributed by atoms with E-state index in [-0.39, 0.29) is 5.91 Å². The van der Waals surface area contributed by atoms with Gasteiger partial charge >= 0.3 is 0 Å². The average molecular weight is 300 g/mol. The molecule has 0 aliphatic rings. The Kier molecular flexibility index (Phi) is 5.28. The lowest BCUT2D eigenvalue weighted by atomic mass is 10.1. The molecule has 0 saturated heterocycles. The predicted octanol–water partition coefficient (Wildman–Crippen LogP) is 4.01. The Labute approximate surface area is 129 Å². The minimum absolute atomic E-state index is 0.0175. The fourth-order valence-electron chi connectivity index (χ4n) is 1.97. The van der Waals surface area contributed by atoms with E-state index in [4.69, 9.17) is 5.73 Å². The van der Waals surface area contributed by atoms with Gasteiger partial charge in [0.2, 0.25) is 5.91 Å². The minimum atomic E-state index is 0.0175. The zero-order valence-electron chi connectivity index (χ0n) is 12.3. The second-order valence-electron chi connectivity index (χ2n) is 4.98. The molecular formula is C17H20N2OS. The standard InChI is InChI=1S/C17H20N2OS/c1-12-5-3-6-14(11-12)21-10-9-17(20)19-16-8-4-7-15(18)13(16)2/h3-8,11H,9-10,18H2,1-2H3,(H,19,20). The molecule has 0 bridgehead atoms. The van der Waals surface area contributed by atoms with Gasteiger partial charge < -0.3 is 11.1 Å². The van der Waals surface area contributed by atoms with Crippen molar-refractivity contribution in [1.82, 2.24) is 0 Å². The van der Waals surface area contributed by atoms with Crippen LogP contribution < -0.4 is 11.1 Å². The SMILES string of the molecule is Cc1cccc(SCCC(=O)Nc2cccc(N)c2C)c1. The fraction of sp³-hybridized carbons (Fsp3) is 0.235. The Bertz CT molecular complexity index is 640. The number of hydrogen-bond acceptors (Lipinski definition) is 3. The predicted molar refractivity (Wildman–Crippen MR) is 90.7 cm³/mol. The zero-order chi connectivity index (χ0) is 15.2. The van der Waals surface area contributed by atoms with Crippen molar-refractivity contribution in [3.63, 3.8) is 0 Å². The Hall–Kier alpha value is -1.94. The van der Waals surface area contributed by atoms with Crippen molar-refractivity contribution in [3.05, 3.63) is 53.6 Å². The van der Waals surface area contributed by atoms with Crippen LogP contribution in [0.15, 0.2) is 47.4 Å². The molecule has 2 aromatic carbocycles. The summed E-state index contributed by atoms with van der Waals surface area (Å²) in [5, 5.41) is 2.92. The highest BCUT2D eigenvalue weighted by molar-refractivity contribution is 7.99. The fourth-order valence-corrected chi connectivity index (χ4v) is 2.94. The Morgan fingerprint density at radius 3 is 2.71 bits per heavy atom. The van der Waals surface area contributed by atoms with Crippen LogP contribution in [0.5, 0.6) is 0 Å². The van der Waals surface area contributed by atoms with Gasteiger partial charge in [-0.15, -0.1) is 11.8 Å². The molecule has 0 fully saturated rings. The van der Waals surface area contributed by atoms with Crippen molar-refractivity contribution in [3.8, 4) is 0 Å². The molecule has 0 saturated carbocycles. The molecule has 0 heterocycles. The molecule has 4 heteroatoms. The Morgan fingerprint density at radius 2 is 1.95 bits per heavy atom. The van der Waals surface area contributed by atoms with Crippen molar-refractivity contribution in [2.24, 2.45) is 0 Å². The van der Waals surface area contributed by atoms with E-state index in [0.29, 0.717) is 12.1 Å². The summed E-state index contributed by atoms with van der Waals surface area (Å²) in [5.74, 6) is 0.778. The van der Waals surface area contributed by atoms with Gasteiger partial charge in [-0.05, 0) is 43.7 Å². The lowest BCUT2D eigenvalue weighted by Crippen LogP contribution is -2.13. The van der Waals surface area contributed by atoms with Crippen LogP contribution >= 0.6 is 11.8 Å². The average Bonchev–Trinajstić information content (AvgIpc) is 2.44. The quantitative estimate of drug-likeness (QED) is 0.648. The topological polar surface area (TPSA) is 55.1 Å². The van der Waals surface area contributed by atoms with Crippen LogP contribution in [0.3, 0.4) is 0 Å². The van der Waals surface area contributed by atoms with E-state index in [1.54, 1.807) is 11.8 Å². The number of nitrogens with two attached hydrogens (primary N) is 1. The number of amides is 1. The largest absolute Gasteiger partial charge is 0.398 e. The number of rotatable bonds is 5. The number of aryl methyl sites for hydroxylation is 1. The molecule has 0 aliphatic carbocycles. The van der Waals surface area contributed by atoms with Gasteiger partial charge in [0.1, 0.15) is 0 Å². The first-order valence-electron chi connectivity index (χ1n) is 6.90. The number of anilines is 2. The lowest BCUT2D eigenvalue weighted by molar-refractivity contribution is -0.115. The summed E-state index contributed by atoms with van der Waals surface area (Å²) in [7, 11) is 0. The van der Waals surface area contributed by atoms with Crippen LogP contribution in [0.4, 0.5) is 11.4 Å². The van der Waals surface area contributed by atoms with Gasteiger partial charge in [0, 0.05) is 28.4 Å². The van der Waals surface area contributed by atoms with Gasteiger partial charge in [-0.2, -0.15) is 0 Å². The summed E-state index contributed by atoms with van der Waals surface area (Å²) in [6.07, 6.45) is 0.479. The molecule has 2 aromatic rings. The second-order valence-corrected chi connectivity index (χ2v) is 6.15. The van der Waals surface area contributed by atoms with Crippen molar-refractivity contribution < 1.29 is 4.79 Å². The third-order valence-corrected chi connectivity index (χ3v) is 4.23. The van der Waals surface area contributed by atoms with Gasteiger partial charge in [0.25, 0.3) is 0 Å². The zero-order valence-corrected chi connectivity index (χ0v) is 13.2. The molecular weight excluding hydrogens is 280 g/mol. The monoisotopic (exact) mass is 300 g/mol. The van der Waals surface area contributed by atoms with Crippen LogP contribution in [0.1, 0.15) is 17.5 Å². The molecule has 3 nitrogen and oxygen atoms in total. The van der Waals surface area contributed by atoms with E-state index in [1.807, 2.05) is 31.2 Å². The van der Waals surface area contributed by atoms with Crippen LogP contribution in [-0.4, -0.2) is 11.7 Å². The maximum absolute atomic E-state index is 12.0. The van der Waals surface area contributed by atoms with E-state index < -0.39 is 0 Å². The van der Waals surface area contributed by atoms with Crippen LogP contribution in [0, 0.1) is 13.8 Å². The molecule has 0 aliphatic heterocycles. The second kappa shape index (κ2) is 7.18. The van der Waals surface area contributed by atoms with Gasteiger partial charge in [0.15, 0.2) is 0 Å². The Morgan fingerprint density at radius 1 is 1.19 bits per heavy atom. The highest BCUT2D eigenvalue weighted by atomic mass is 32.2. The van der Waals surface area contributed by atoms with Crippen molar-refractivity contribution in [2.45, 2.75) is 25.2 Å². The summed E-state index contributed by atoms with van der Waals surface area (Å²) < 4.78 is 0. The van der Waals surface area contributed by atoms with Crippen LogP contribution in [0.2, 0.25) is 0 Å². The number of nitrogen functional groups attached to an aromatic ring is 1. The number of thioether (sulfide) groups is 1. The van der Waals surface area contributed by atoms with Crippen molar-refractivity contribution in [2.75, 3.05) is 16.8 Å². The Balaban J connectivity index is 1.84. The number of nitrogens with one attached hydrogen (secondary N) is 1. The molecule has 0 aromatic heterocycles. The van der Waals surface area contributed by atoms with Crippen molar-refractivity contribution >= 4 is 29.0 Å². The summed E-state index contributed by atoms with van der Waals surface area (Å²) in [6, 6.07) is 13.9. The normalized spacial score (nSPS) is 10.4. The maximum Gasteiger partial charge on any atom is 0.225 e. The smallest absolute Gasteiger partial charge is 0.225 e. The molecule has 0 unspecified atom stereocenters. The van der Waals surface area contributed by atoms with E-state index in [1.165, 1.54) is 10.5 Å². The molecule has 0 radical (unpaired) electrons. The van der Waals surface area contributed by atoms with Crippen LogP contribution in [-0.2, 0) is 4.79 Å². The highest BCUT2D eigenvalue weighted by Crippen LogP contribution is 2.22. The third-order valence-electron chi connectivity index (χ3n) is 3.24. The molecule has 21 heavy (non-hydrogen) atoms. The van der Waals surface area contributed by atoms with Crippen LogP contribution in [0.25, 0.3) is 0 Å². The molecule has 0 atom stereocenters. The maximum atomic E-state index is 12.0. The first kappa shape index (κ1) is 15.4. The minimum Gasteiger partial charge on any atom is -0.398 e. The van der Waals surface area contributed by atoms with Gasteiger partial charge in [0.05, 0.1) is 0 Å². The van der Waals surface area contributed by atoms with Gasteiger partial charge in [-0.25, -0.2) is 0 Å². The number of carbonyl (C=O) groups is 1.